The second-order valence-electron chi connectivity index (χ2n) is 15.5. The Balaban J connectivity index is 0.000000137. The number of hydrogen-bond donors (Lipinski definition) is 2. The number of esters is 1. The number of urea groups is 1. The van der Waals surface area contributed by atoms with E-state index in [2.05, 4.69) is 15.5 Å². The van der Waals surface area contributed by atoms with Crippen LogP contribution in [0, 0.1) is 0 Å². The van der Waals surface area contributed by atoms with Gasteiger partial charge in [-0.3, -0.25) is 34.7 Å². The monoisotopic (exact) mass is 867 g/mol. The maximum Gasteiger partial charge on any atom is 0.343 e. The van der Waals surface area contributed by atoms with Crippen LogP contribution in [0.3, 0.4) is 0 Å². The highest BCUT2D eigenvalue weighted by Gasteiger charge is 2.50. The first kappa shape index (κ1) is 43.1. The number of amides is 4. The van der Waals surface area contributed by atoms with E-state index in [1.165, 1.54) is 12.7 Å². The van der Waals surface area contributed by atoms with Crippen molar-refractivity contribution in [3.63, 3.8) is 0 Å². The molecule has 0 radical (unpaired) electrons. The van der Waals surface area contributed by atoms with Crippen LogP contribution in [0.15, 0.2) is 103 Å². The first-order valence-corrected chi connectivity index (χ1v) is 20.6. The minimum atomic E-state index is -1.31. The third kappa shape index (κ3) is 7.46. The molecule has 328 valence electrons. The lowest BCUT2D eigenvalue weighted by atomic mass is 9.75. The molecule has 4 aliphatic heterocycles. The number of barbiturate groups is 1. The number of benzene rings is 5. The number of nitrogens with zero attached hydrogens (tertiary/aromatic N) is 1. The second kappa shape index (κ2) is 17.7. The lowest BCUT2D eigenvalue weighted by Crippen LogP contribution is -2.64. The number of ketones is 2. The Hall–Kier alpha value is -7.52. The Bertz CT molecular complexity index is 2630. The predicted octanol–water partition coefficient (Wildman–Crippen LogP) is 6.43. The quantitative estimate of drug-likeness (QED) is 0.135. The molecule has 4 heterocycles. The molecular weight excluding hydrogens is 823 g/mol. The zero-order valence-corrected chi connectivity index (χ0v) is 35.7. The van der Waals surface area contributed by atoms with Gasteiger partial charge in [0.05, 0.1) is 27.4 Å². The van der Waals surface area contributed by atoms with Gasteiger partial charge >= 0.3 is 12.0 Å². The summed E-state index contributed by atoms with van der Waals surface area (Å²) >= 11 is 0. The molecule has 0 spiro atoms. The van der Waals surface area contributed by atoms with Gasteiger partial charge in [0.2, 0.25) is 18.6 Å². The Labute approximate surface area is 368 Å². The molecule has 10 rings (SSSR count). The van der Waals surface area contributed by atoms with Crippen LogP contribution in [-0.2, 0) is 26.2 Å². The Kier molecular flexibility index (Phi) is 11.9. The van der Waals surface area contributed by atoms with E-state index in [9.17, 15) is 28.8 Å². The largest absolute Gasteiger partial charge is 0.497 e. The van der Waals surface area contributed by atoms with E-state index in [0.717, 1.165) is 35.6 Å². The third-order valence-electron chi connectivity index (χ3n) is 12.2. The van der Waals surface area contributed by atoms with Crippen molar-refractivity contribution < 1.29 is 57.2 Å². The number of ether oxygens (including phenoxy) is 6. The first-order chi connectivity index (χ1) is 30.9. The van der Waals surface area contributed by atoms with Gasteiger partial charge in [0.25, 0.3) is 0 Å². The zero-order valence-electron chi connectivity index (χ0n) is 35.7. The van der Waals surface area contributed by atoms with Crippen LogP contribution in [0.4, 0.5) is 4.79 Å². The number of Topliss-reactive ketones (excluding diaryl/α,β-unsaturated/α-hetero) is 2. The number of likely N-dealkylation sites (N-methyl/N-ethyl adjacent to an activating group) is 1. The molecule has 0 aromatic heterocycles. The average molecular weight is 868 g/mol. The molecule has 5 aliphatic rings. The minimum absolute atomic E-state index is 0.120. The van der Waals surface area contributed by atoms with Crippen LogP contribution in [0.2, 0.25) is 0 Å². The number of cyclic esters (lactones) is 1. The van der Waals surface area contributed by atoms with Crippen molar-refractivity contribution in [2.45, 2.75) is 43.2 Å². The van der Waals surface area contributed by atoms with Gasteiger partial charge in [0.1, 0.15) is 23.3 Å². The topological polar surface area (TPSA) is 185 Å². The maximum absolute atomic E-state index is 12.8. The van der Waals surface area contributed by atoms with Gasteiger partial charge in [-0.25, -0.2) is 9.59 Å². The molecular formula is C49H45N3O12. The fourth-order valence-electron chi connectivity index (χ4n) is 8.93. The summed E-state index contributed by atoms with van der Waals surface area (Å²) in [6, 6.07) is 29.6. The molecule has 1 saturated heterocycles. The van der Waals surface area contributed by atoms with Crippen LogP contribution < -0.4 is 34.3 Å². The summed E-state index contributed by atoms with van der Waals surface area (Å²) < 4.78 is 32.9. The van der Waals surface area contributed by atoms with Crippen LogP contribution in [-0.4, -0.2) is 82.0 Å². The average Bonchev–Trinajstić information content (AvgIpc) is 3.99. The van der Waals surface area contributed by atoms with Gasteiger partial charge in [0, 0.05) is 23.2 Å². The van der Waals surface area contributed by atoms with Gasteiger partial charge < -0.3 is 28.4 Å². The summed E-state index contributed by atoms with van der Waals surface area (Å²) in [6.45, 7) is 2.83. The van der Waals surface area contributed by atoms with E-state index < -0.39 is 41.3 Å². The highest BCUT2D eigenvalue weighted by Crippen LogP contribution is 2.51. The van der Waals surface area contributed by atoms with Gasteiger partial charge in [-0.05, 0) is 72.5 Å². The molecule has 2 N–H and O–H groups in total. The molecule has 1 aliphatic carbocycles. The molecule has 1 fully saturated rings. The zero-order chi connectivity index (χ0) is 45.3. The van der Waals surface area contributed by atoms with Crippen LogP contribution in [0.5, 0.6) is 28.7 Å². The molecule has 0 unspecified atom stereocenters. The van der Waals surface area contributed by atoms with E-state index in [1.54, 1.807) is 100 Å². The third-order valence-corrected chi connectivity index (χ3v) is 12.2. The van der Waals surface area contributed by atoms with Crippen LogP contribution in [0.25, 0.3) is 0 Å². The molecule has 5 aromatic carbocycles. The summed E-state index contributed by atoms with van der Waals surface area (Å²) in [5.41, 5.74) is 4.57. The predicted molar refractivity (Wildman–Crippen MR) is 230 cm³/mol. The summed E-state index contributed by atoms with van der Waals surface area (Å²) in [7, 11) is 6.71. The van der Waals surface area contributed by atoms with Crippen molar-refractivity contribution in [3.05, 3.63) is 148 Å². The Morgan fingerprint density at radius 1 is 0.719 bits per heavy atom. The highest BCUT2D eigenvalue weighted by atomic mass is 16.7. The second-order valence-corrected chi connectivity index (χ2v) is 15.5. The van der Waals surface area contributed by atoms with Crippen molar-refractivity contribution in [2.75, 3.05) is 41.7 Å². The molecule has 0 saturated carbocycles. The minimum Gasteiger partial charge on any atom is -0.497 e. The number of carbonyl (C=O) groups excluding carboxylic acids is 6. The van der Waals surface area contributed by atoms with Crippen molar-refractivity contribution in [3.8, 4) is 28.7 Å². The number of imide groups is 2. The number of fused-ring (bicyclic) bond motifs is 4. The van der Waals surface area contributed by atoms with Gasteiger partial charge in [-0.15, -0.1) is 0 Å². The fraction of sp³-hybridized carbons (Fsp3) is 0.265. The van der Waals surface area contributed by atoms with Crippen molar-refractivity contribution >= 4 is 35.4 Å². The number of methoxy groups -OCH3 is 3. The van der Waals surface area contributed by atoms with E-state index in [1.807, 2.05) is 31.3 Å². The van der Waals surface area contributed by atoms with Gasteiger partial charge in [-0.2, -0.15) is 0 Å². The number of hydrogen-bond acceptors (Lipinski definition) is 13. The molecule has 5 aromatic rings. The summed E-state index contributed by atoms with van der Waals surface area (Å²) in [5, 5.41) is 4.28. The van der Waals surface area contributed by atoms with Crippen LogP contribution >= 0.6 is 0 Å². The molecule has 15 nitrogen and oxygen atoms in total. The smallest absolute Gasteiger partial charge is 0.343 e. The van der Waals surface area contributed by atoms with Gasteiger partial charge in [-0.1, -0.05) is 79.7 Å². The van der Waals surface area contributed by atoms with E-state index >= 15 is 0 Å². The highest BCUT2D eigenvalue weighted by molar-refractivity contribution is 6.29. The molecule has 4 amide bonds. The van der Waals surface area contributed by atoms with Crippen molar-refractivity contribution in [1.29, 1.82) is 0 Å². The van der Waals surface area contributed by atoms with Crippen molar-refractivity contribution in [2.24, 2.45) is 0 Å². The lowest BCUT2D eigenvalue weighted by molar-refractivity contribution is -0.138. The summed E-state index contributed by atoms with van der Waals surface area (Å²) in [6.07, 6.45) is 0.757. The summed E-state index contributed by atoms with van der Waals surface area (Å²) in [5.74, 6) is 0.667. The summed E-state index contributed by atoms with van der Waals surface area (Å²) in [4.78, 5) is 74.6. The molecule has 0 bridgehead atoms. The van der Waals surface area contributed by atoms with E-state index in [0.29, 0.717) is 51.5 Å². The van der Waals surface area contributed by atoms with Crippen molar-refractivity contribution in [1.82, 2.24) is 15.5 Å². The first-order valence-electron chi connectivity index (χ1n) is 20.6. The van der Waals surface area contributed by atoms with Crippen LogP contribution in [0.1, 0.15) is 90.3 Å². The Morgan fingerprint density at radius 3 is 1.94 bits per heavy atom. The lowest BCUT2D eigenvalue weighted by Gasteiger charge is -2.37. The van der Waals surface area contributed by atoms with E-state index in [-0.39, 0.29) is 24.4 Å². The number of carbonyl (C=O) groups is 6. The molecule has 2 atom stereocenters. The SMILES string of the molecule is CCC1(c2ccccc2)C(=O)NC(=O)NC1=O.COc1ccc(C2C(=O)c3ccccc3C2=O)cc1.COc1ccc2c(c1OC)C(=O)O[C@@H]2[C@H]1c2cc3c(cc2CCN1C)OCO3. The molecule has 64 heavy (non-hydrogen) atoms. The molecule has 15 heteroatoms. The normalized spacial score (nSPS) is 19.1. The van der Waals surface area contributed by atoms with E-state index in [4.69, 9.17) is 28.4 Å². The van der Waals surface area contributed by atoms with Gasteiger partial charge in [0.15, 0.2) is 40.0 Å². The maximum atomic E-state index is 12.8. The number of nitrogens with one attached hydrogen (secondary N) is 2. The fourth-order valence-corrected chi connectivity index (χ4v) is 8.93. The number of rotatable bonds is 7. The Morgan fingerprint density at radius 2 is 1.34 bits per heavy atom. The standard InChI is InChI=1S/C21H21NO6.C16H12O3.C12H12N2O3/c1-22-7-6-11-8-15-16(27-10-26-15)9-13(11)18(22)19-12-4-5-14(24-2)20(25-3)17(12)21(23)28-19;1-19-11-8-6-10(7-9-11)14-15(17)12-4-2-3-5-13(12)16(14)18;1-2-12(8-6-4-3-5-7-8)9(15)13-11(17)14-10(12)16/h4-5,8-9,18-19H,6-7,10H2,1-3H3;2-9,14H,1H3;3-7H,2H2,1H3,(H2,13,14,15,16,17)/t18-,19+;;/m1../s1.